The van der Waals surface area contributed by atoms with Crippen molar-refractivity contribution in [1.29, 1.82) is 0 Å². The highest BCUT2D eigenvalue weighted by molar-refractivity contribution is 4.87. The molecule has 0 bridgehead atoms. The molecule has 17 heavy (non-hydrogen) atoms. The molecule has 0 heterocycles. The van der Waals surface area contributed by atoms with Crippen LogP contribution in [0.2, 0.25) is 0 Å². The molecule has 1 aliphatic rings. The highest BCUT2D eigenvalue weighted by Crippen LogP contribution is 2.31. The molecule has 1 fully saturated rings. The Balaban J connectivity index is 2.20. The van der Waals surface area contributed by atoms with Crippen molar-refractivity contribution in [3.8, 4) is 0 Å². The Morgan fingerprint density at radius 2 is 1.76 bits per heavy atom. The lowest BCUT2D eigenvalue weighted by atomic mass is 9.79. The van der Waals surface area contributed by atoms with Crippen LogP contribution in [0, 0.1) is 11.8 Å². The normalized spacial score (nSPS) is 31.8. The van der Waals surface area contributed by atoms with E-state index in [0.29, 0.717) is 6.04 Å². The first-order valence-electron chi connectivity index (χ1n) is 7.37. The van der Waals surface area contributed by atoms with Crippen LogP contribution < -0.4 is 5.32 Å². The first-order valence-corrected chi connectivity index (χ1v) is 7.37. The van der Waals surface area contributed by atoms with Gasteiger partial charge in [0.15, 0.2) is 0 Å². The second kappa shape index (κ2) is 6.75. The van der Waals surface area contributed by atoms with Crippen molar-refractivity contribution in [2.24, 2.45) is 11.8 Å². The lowest BCUT2D eigenvalue weighted by Crippen LogP contribution is -2.45. The van der Waals surface area contributed by atoms with Gasteiger partial charge in [0.2, 0.25) is 0 Å². The zero-order chi connectivity index (χ0) is 12.9. The molecule has 1 atom stereocenters. The third-order valence-corrected chi connectivity index (χ3v) is 4.16. The molecule has 0 saturated heterocycles. The van der Waals surface area contributed by atoms with Gasteiger partial charge in [0.25, 0.3) is 0 Å². The van der Waals surface area contributed by atoms with E-state index in [4.69, 9.17) is 0 Å². The topological polar surface area (TPSA) is 32.3 Å². The van der Waals surface area contributed by atoms with E-state index in [-0.39, 0.29) is 0 Å². The van der Waals surface area contributed by atoms with Crippen LogP contribution in [0.5, 0.6) is 0 Å². The lowest BCUT2D eigenvalue weighted by Gasteiger charge is -2.36. The summed E-state index contributed by atoms with van der Waals surface area (Å²) < 4.78 is 0. The van der Waals surface area contributed by atoms with E-state index >= 15 is 0 Å². The van der Waals surface area contributed by atoms with E-state index in [1.165, 1.54) is 25.7 Å². The maximum atomic E-state index is 10.5. The SMILES string of the molecule is CC(C)CCC(C)NCC1(O)CCC(C)CC1. The van der Waals surface area contributed by atoms with Crippen molar-refractivity contribution >= 4 is 0 Å². The minimum atomic E-state index is -0.432. The van der Waals surface area contributed by atoms with Gasteiger partial charge in [-0.05, 0) is 57.3 Å². The van der Waals surface area contributed by atoms with E-state index in [1.54, 1.807) is 0 Å². The Morgan fingerprint density at radius 1 is 1.18 bits per heavy atom. The van der Waals surface area contributed by atoms with Crippen LogP contribution in [0.3, 0.4) is 0 Å². The van der Waals surface area contributed by atoms with Crippen molar-refractivity contribution in [3.05, 3.63) is 0 Å². The van der Waals surface area contributed by atoms with E-state index in [2.05, 4.69) is 33.0 Å². The Kier molecular flexibility index (Phi) is 5.94. The minimum Gasteiger partial charge on any atom is -0.389 e. The summed E-state index contributed by atoms with van der Waals surface area (Å²) >= 11 is 0. The van der Waals surface area contributed by atoms with E-state index in [9.17, 15) is 5.11 Å². The fraction of sp³-hybridized carbons (Fsp3) is 1.00. The number of hydrogen-bond acceptors (Lipinski definition) is 2. The predicted molar refractivity (Wildman–Crippen MR) is 74.1 cm³/mol. The van der Waals surface area contributed by atoms with Gasteiger partial charge in [-0.2, -0.15) is 0 Å². The maximum Gasteiger partial charge on any atom is 0.0771 e. The van der Waals surface area contributed by atoms with Crippen molar-refractivity contribution in [2.45, 2.75) is 77.9 Å². The summed E-state index contributed by atoms with van der Waals surface area (Å²) in [5.74, 6) is 1.58. The molecule has 1 rings (SSSR count). The van der Waals surface area contributed by atoms with Crippen molar-refractivity contribution in [3.63, 3.8) is 0 Å². The van der Waals surface area contributed by atoms with E-state index in [0.717, 1.165) is 31.2 Å². The molecule has 102 valence electrons. The number of rotatable bonds is 6. The minimum absolute atomic E-state index is 0.432. The lowest BCUT2D eigenvalue weighted by molar-refractivity contribution is -0.00803. The summed E-state index contributed by atoms with van der Waals surface area (Å²) in [5, 5.41) is 14.0. The third kappa shape index (κ3) is 5.87. The molecule has 1 aliphatic carbocycles. The monoisotopic (exact) mass is 241 g/mol. The molecule has 2 nitrogen and oxygen atoms in total. The zero-order valence-corrected chi connectivity index (χ0v) is 12.1. The average Bonchev–Trinajstić information content (AvgIpc) is 2.28. The molecule has 1 saturated carbocycles. The van der Waals surface area contributed by atoms with Gasteiger partial charge < -0.3 is 10.4 Å². The van der Waals surface area contributed by atoms with Crippen LogP contribution in [0.15, 0.2) is 0 Å². The van der Waals surface area contributed by atoms with Crippen LogP contribution in [-0.2, 0) is 0 Å². The largest absolute Gasteiger partial charge is 0.389 e. The van der Waals surface area contributed by atoms with Gasteiger partial charge >= 0.3 is 0 Å². The Morgan fingerprint density at radius 3 is 2.29 bits per heavy atom. The zero-order valence-electron chi connectivity index (χ0n) is 12.1. The summed E-state index contributed by atoms with van der Waals surface area (Å²) in [7, 11) is 0. The quantitative estimate of drug-likeness (QED) is 0.747. The smallest absolute Gasteiger partial charge is 0.0771 e. The summed E-state index contributed by atoms with van der Waals surface area (Å²) in [6.45, 7) is 9.83. The van der Waals surface area contributed by atoms with Gasteiger partial charge in [-0.3, -0.25) is 0 Å². The van der Waals surface area contributed by atoms with Crippen LogP contribution in [0.4, 0.5) is 0 Å². The molecule has 0 radical (unpaired) electrons. The fourth-order valence-electron chi connectivity index (χ4n) is 2.53. The molecule has 0 aromatic carbocycles. The number of nitrogens with one attached hydrogen (secondary N) is 1. The predicted octanol–water partition coefficient (Wildman–Crippen LogP) is 3.34. The molecule has 1 unspecified atom stereocenters. The van der Waals surface area contributed by atoms with Crippen LogP contribution in [0.1, 0.15) is 66.2 Å². The van der Waals surface area contributed by atoms with Crippen molar-refractivity contribution in [1.82, 2.24) is 5.32 Å². The van der Waals surface area contributed by atoms with Gasteiger partial charge in [0.05, 0.1) is 5.60 Å². The standard InChI is InChI=1S/C15H31NO/c1-12(2)5-6-14(4)16-11-15(17)9-7-13(3)8-10-15/h12-14,16-17H,5-11H2,1-4H3. The first kappa shape index (κ1) is 15.0. The fourth-order valence-corrected chi connectivity index (χ4v) is 2.53. The molecule has 0 aromatic rings. The second-order valence-corrected chi connectivity index (χ2v) is 6.66. The Hall–Kier alpha value is -0.0800. The summed E-state index contributed by atoms with van der Waals surface area (Å²) in [6.07, 6.45) is 6.78. The van der Waals surface area contributed by atoms with Crippen LogP contribution in [0.25, 0.3) is 0 Å². The van der Waals surface area contributed by atoms with Gasteiger partial charge in [0.1, 0.15) is 0 Å². The Labute approximate surface area is 107 Å². The Bertz CT molecular complexity index is 207. The summed E-state index contributed by atoms with van der Waals surface area (Å²) in [4.78, 5) is 0. The second-order valence-electron chi connectivity index (χ2n) is 6.66. The highest BCUT2D eigenvalue weighted by atomic mass is 16.3. The molecular weight excluding hydrogens is 210 g/mol. The third-order valence-electron chi connectivity index (χ3n) is 4.16. The van der Waals surface area contributed by atoms with Gasteiger partial charge in [-0.25, -0.2) is 0 Å². The molecule has 2 heteroatoms. The van der Waals surface area contributed by atoms with Gasteiger partial charge in [0, 0.05) is 12.6 Å². The average molecular weight is 241 g/mol. The molecule has 0 aromatic heterocycles. The van der Waals surface area contributed by atoms with Gasteiger partial charge in [-0.1, -0.05) is 20.8 Å². The molecule has 0 spiro atoms. The highest BCUT2D eigenvalue weighted by Gasteiger charge is 2.31. The van der Waals surface area contributed by atoms with Crippen molar-refractivity contribution < 1.29 is 5.11 Å². The maximum absolute atomic E-state index is 10.5. The van der Waals surface area contributed by atoms with E-state index in [1.807, 2.05) is 0 Å². The van der Waals surface area contributed by atoms with Gasteiger partial charge in [-0.15, -0.1) is 0 Å². The molecular formula is C15H31NO. The van der Waals surface area contributed by atoms with Crippen molar-refractivity contribution in [2.75, 3.05) is 6.54 Å². The molecule has 2 N–H and O–H groups in total. The summed E-state index contributed by atoms with van der Waals surface area (Å²) in [6, 6.07) is 0.528. The molecule has 0 aliphatic heterocycles. The van der Waals surface area contributed by atoms with E-state index < -0.39 is 5.60 Å². The number of hydrogen-bond donors (Lipinski definition) is 2. The summed E-state index contributed by atoms with van der Waals surface area (Å²) in [5.41, 5.74) is -0.432. The molecule has 0 amide bonds. The first-order chi connectivity index (χ1) is 7.91. The van der Waals surface area contributed by atoms with Crippen LogP contribution in [-0.4, -0.2) is 23.3 Å². The number of aliphatic hydroxyl groups is 1. The van der Waals surface area contributed by atoms with Crippen LogP contribution >= 0.6 is 0 Å².